The zero-order valence-electron chi connectivity index (χ0n) is 11.9. The summed E-state index contributed by atoms with van der Waals surface area (Å²) in [5.41, 5.74) is 0.0931. The lowest BCUT2D eigenvalue weighted by Gasteiger charge is -2.34. The Labute approximate surface area is 122 Å². The van der Waals surface area contributed by atoms with Crippen LogP contribution in [0.15, 0.2) is 24.3 Å². The van der Waals surface area contributed by atoms with Gasteiger partial charge in [0.2, 0.25) is 5.91 Å². The first-order valence-corrected chi connectivity index (χ1v) is 6.85. The molecule has 21 heavy (non-hydrogen) atoms. The van der Waals surface area contributed by atoms with Crippen LogP contribution in [0.1, 0.15) is 12.8 Å². The lowest BCUT2D eigenvalue weighted by Crippen LogP contribution is -2.40. The number of aliphatic hydroxyl groups excluding tert-OH is 1. The zero-order valence-corrected chi connectivity index (χ0v) is 11.9. The fraction of sp³-hybridized carbons (Fsp3) is 0.500. The predicted octanol–water partition coefficient (Wildman–Crippen LogP) is 1.24. The molecule has 2 N–H and O–H groups in total. The number of carbonyl (C=O) groups is 1. The number of anilines is 1. The van der Waals surface area contributed by atoms with E-state index in [0.717, 1.165) is 19.4 Å². The number of amides is 1. The summed E-state index contributed by atoms with van der Waals surface area (Å²) in [7, 11) is 1.82. The summed E-state index contributed by atoms with van der Waals surface area (Å²) in [5, 5.41) is 22.7. The third-order valence-electron chi connectivity index (χ3n) is 3.57. The van der Waals surface area contributed by atoms with Crippen LogP contribution in [-0.2, 0) is 4.79 Å². The van der Waals surface area contributed by atoms with Crippen molar-refractivity contribution < 1.29 is 14.8 Å². The normalized spacial score (nSPS) is 20.9. The molecule has 7 nitrogen and oxygen atoms in total. The Morgan fingerprint density at radius 1 is 1.48 bits per heavy atom. The molecule has 0 aromatic heterocycles. The van der Waals surface area contributed by atoms with Gasteiger partial charge in [-0.15, -0.1) is 0 Å². The quantitative estimate of drug-likeness (QED) is 0.607. The largest absolute Gasteiger partial charge is 0.393 e. The van der Waals surface area contributed by atoms with Crippen LogP contribution in [0, 0.1) is 16.0 Å². The van der Waals surface area contributed by atoms with Gasteiger partial charge in [-0.05, 0) is 31.9 Å². The smallest absolute Gasteiger partial charge is 0.292 e. The Bertz CT molecular complexity index is 529. The maximum atomic E-state index is 11.9. The molecule has 0 aliphatic heterocycles. The summed E-state index contributed by atoms with van der Waals surface area (Å²) in [4.78, 5) is 24.1. The van der Waals surface area contributed by atoms with Crippen molar-refractivity contribution in [2.45, 2.75) is 18.9 Å². The van der Waals surface area contributed by atoms with Gasteiger partial charge < -0.3 is 10.4 Å². The highest BCUT2D eigenvalue weighted by Gasteiger charge is 2.28. The van der Waals surface area contributed by atoms with E-state index in [1.54, 1.807) is 12.1 Å². The highest BCUT2D eigenvalue weighted by atomic mass is 16.6. The van der Waals surface area contributed by atoms with Crippen molar-refractivity contribution in [1.29, 1.82) is 0 Å². The number of para-hydroxylation sites is 2. The molecule has 0 saturated heterocycles. The predicted molar refractivity (Wildman–Crippen MR) is 78.0 cm³/mol. The van der Waals surface area contributed by atoms with E-state index in [1.807, 2.05) is 11.9 Å². The molecule has 0 bridgehead atoms. The van der Waals surface area contributed by atoms with Gasteiger partial charge >= 0.3 is 0 Å². The van der Waals surface area contributed by atoms with Gasteiger partial charge in [0.25, 0.3) is 5.69 Å². The second-order valence-corrected chi connectivity index (χ2v) is 5.51. The molecule has 2 rings (SSSR count). The van der Waals surface area contributed by atoms with Crippen LogP contribution in [0.4, 0.5) is 11.4 Å². The van der Waals surface area contributed by atoms with Crippen LogP contribution < -0.4 is 5.32 Å². The van der Waals surface area contributed by atoms with Crippen molar-refractivity contribution in [2.75, 3.05) is 25.5 Å². The Balaban J connectivity index is 1.85. The van der Waals surface area contributed by atoms with Gasteiger partial charge in [0, 0.05) is 12.6 Å². The lowest BCUT2D eigenvalue weighted by atomic mass is 9.82. The molecule has 1 aromatic rings. The lowest BCUT2D eigenvalue weighted by molar-refractivity contribution is -0.383. The number of carbonyl (C=O) groups excluding carboxylic acids is 1. The summed E-state index contributed by atoms with van der Waals surface area (Å²) >= 11 is 0. The number of hydrogen-bond donors (Lipinski definition) is 2. The van der Waals surface area contributed by atoms with Gasteiger partial charge in [-0.3, -0.25) is 19.8 Å². The van der Waals surface area contributed by atoms with Gasteiger partial charge in [0.15, 0.2) is 0 Å². The van der Waals surface area contributed by atoms with E-state index >= 15 is 0 Å². The minimum Gasteiger partial charge on any atom is -0.393 e. The van der Waals surface area contributed by atoms with E-state index in [4.69, 9.17) is 0 Å². The van der Waals surface area contributed by atoms with Crippen LogP contribution in [0.25, 0.3) is 0 Å². The minimum atomic E-state index is -0.519. The number of likely N-dealkylation sites (N-methyl/N-ethyl adjacent to an activating group) is 1. The van der Waals surface area contributed by atoms with Crippen LogP contribution in [0.3, 0.4) is 0 Å². The molecule has 7 heteroatoms. The van der Waals surface area contributed by atoms with Gasteiger partial charge in [-0.2, -0.15) is 0 Å². The molecule has 0 heterocycles. The van der Waals surface area contributed by atoms with Gasteiger partial charge in [-0.1, -0.05) is 12.1 Å². The third kappa shape index (κ3) is 4.24. The van der Waals surface area contributed by atoms with E-state index in [0.29, 0.717) is 5.92 Å². The third-order valence-corrected chi connectivity index (χ3v) is 3.57. The molecule has 1 aliphatic rings. The first-order valence-electron chi connectivity index (χ1n) is 6.85. The van der Waals surface area contributed by atoms with Crippen molar-refractivity contribution in [3.63, 3.8) is 0 Å². The summed E-state index contributed by atoms with van der Waals surface area (Å²) < 4.78 is 0. The molecule has 1 aromatic carbocycles. The molecule has 1 fully saturated rings. The monoisotopic (exact) mass is 293 g/mol. The zero-order chi connectivity index (χ0) is 15.4. The molecular weight excluding hydrogens is 274 g/mol. The second-order valence-electron chi connectivity index (χ2n) is 5.51. The Morgan fingerprint density at radius 3 is 2.76 bits per heavy atom. The van der Waals surface area contributed by atoms with E-state index in [9.17, 15) is 20.0 Å². The molecule has 114 valence electrons. The van der Waals surface area contributed by atoms with E-state index in [2.05, 4.69) is 5.32 Å². The molecule has 0 spiro atoms. The summed E-state index contributed by atoms with van der Waals surface area (Å²) in [6.07, 6.45) is 1.34. The summed E-state index contributed by atoms with van der Waals surface area (Å²) in [6, 6.07) is 6.07. The molecule has 1 saturated carbocycles. The van der Waals surface area contributed by atoms with Gasteiger partial charge in [0.1, 0.15) is 5.69 Å². The highest BCUT2D eigenvalue weighted by Crippen LogP contribution is 2.27. The van der Waals surface area contributed by atoms with E-state index in [1.165, 1.54) is 12.1 Å². The van der Waals surface area contributed by atoms with Crippen LogP contribution in [-0.4, -0.2) is 47.1 Å². The first-order chi connectivity index (χ1) is 9.95. The fourth-order valence-electron chi connectivity index (χ4n) is 2.53. The Morgan fingerprint density at radius 2 is 2.14 bits per heavy atom. The summed E-state index contributed by atoms with van der Waals surface area (Å²) in [5.74, 6) is 0.135. The number of rotatable bonds is 6. The molecular formula is C14H19N3O4. The highest BCUT2D eigenvalue weighted by molar-refractivity contribution is 5.94. The fourth-order valence-corrected chi connectivity index (χ4v) is 2.53. The minimum absolute atomic E-state index is 0.115. The number of nitro groups is 1. The molecule has 1 aliphatic carbocycles. The second kappa shape index (κ2) is 6.64. The molecule has 1 amide bonds. The number of nitrogens with one attached hydrogen (secondary N) is 1. The van der Waals surface area contributed by atoms with Gasteiger partial charge in [-0.25, -0.2) is 0 Å². The molecule has 0 unspecified atom stereocenters. The average Bonchev–Trinajstić information content (AvgIpc) is 2.37. The first kappa shape index (κ1) is 15.4. The van der Waals surface area contributed by atoms with Crippen molar-refractivity contribution in [3.05, 3.63) is 34.4 Å². The number of nitrogens with zero attached hydrogens (tertiary/aromatic N) is 2. The molecule has 0 atom stereocenters. The number of hydrogen-bond acceptors (Lipinski definition) is 5. The number of benzene rings is 1. The summed E-state index contributed by atoms with van der Waals surface area (Å²) in [6.45, 7) is 0.903. The van der Waals surface area contributed by atoms with Crippen molar-refractivity contribution in [3.8, 4) is 0 Å². The Hall–Kier alpha value is -1.99. The standard InChI is InChI=1S/C14H19N3O4/c1-16(8-10-6-11(18)7-10)9-14(19)15-12-4-2-3-5-13(12)17(20)21/h2-5,10-11,18H,6-9H2,1H3,(H,15,19). The van der Waals surface area contributed by atoms with Gasteiger partial charge in [0.05, 0.1) is 17.6 Å². The van der Waals surface area contributed by atoms with Crippen LogP contribution in [0.2, 0.25) is 0 Å². The van der Waals surface area contributed by atoms with Crippen molar-refractivity contribution >= 4 is 17.3 Å². The van der Waals surface area contributed by atoms with E-state index in [-0.39, 0.29) is 29.9 Å². The van der Waals surface area contributed by atoms with E-state index < -0.39 is 4.92 Å². The number of nitro benzene ring substituents is 1. The van der Waals surface area contributed by atoms with Crippen LogP contribution >= 0.6 is 0 Å². The number of aliphatic hydroxyl groups is 1. The van der Waals surface area contributed by atoms with Crippen molar-refractivity contribution in [1.82, 2.24) is 4.90 Å². The topological polar surface area (TPSA) is 95.7 Å². The SMILES string of the molecule is CN(CC(=O)Nc1ccccc1[N+](=O)[O-])CC1CC(O)C1. The molecule has 0 radical (unpaired) electrons. The maximum absolute atomic E-state index is 11.9. The van der Waals surface area contributed by atoms with Crippen LogP contribution in [0.5, 0.6) is 0 Å². The average molecular weight is 293 g/mol. The van der Waals surface area contributed by atoms with Crippen molar-refractivity contribution in [2.24, 2.45) is 5.92 Å². The Kier molecular flexibility index (Phi) is 4.87. The maximum Gasteiger partial charge on any atom is 0.292 e.